The van der Waals surface area contributed by atoms with Crippen molar-refractivity contribution >= 4 is 43.8 Å². The number of rotatable bonds is 7. The van der Waals surface area contributed by atoms with E-state index in [9.17, 15) is 32.7 Å². The molecule has 1 aliphatic rings. The largest absolute Gasteiger partial charge is 0.463 e. The van der Waals surface area contributed by atoms with E-state index in [2.05, 4.69) is 0 Å². The van der Waals surface area contributed by atoms with Crippen molar-refractivity contribution < 1.29 is 60.9 Å². The average Bonchev–Trinajstić information content (AvgIpc) is 2.70. The highest BCUT2D eigenvalue weighted by Crippen LogP contribution is 2.28. The molecular formula is C20H26O13S2. The summed E-state index contributed by atoms with van der Waals surface area (Å²) in [7, 11) is -3.53. The molecule has 1 saturated heterocycles. The van der Waals surface area contributed by atoms with E-state index < -0.39 is 63.7 Å². The van der Waals surface area contributed by atoms with Gasteiger partial charge in [0.25, 0.3) is 0 Å². The minimum Gasteiger partial charge on any atom is -0.463 e. The van der Waals surface area contributed by atoms with E-state index >= 15 is 0 Å². The summed E-state index contributed by atoms with van der Waals surface area (Å²) in [4.78, 5) is 45.4. The van der Waals surface area contributed by atoms with E-state index in [1.54, 1.807) is 30.3 Å². The van der Waals surface area contributed by atoms with Gasteiger partial charge in [0.05, 0.1) is 0 Å². The monoisotopic (exact) mass is 538 g/mol. The van der Waals surface area contributed by atoms with Crippen LogP contribution in [-0.2, 0) is 52.0 Å². The summed E-state index contributed by atoms with van der Waals surface area (Å²) in [5.41, 5.74) is 0. The van der Waals surface area contributed by atoms with Gasteiger partial charge in [-0.15, -0.1) is 0 Å². The molecule has 1 aliphatic heterocycles. The van der Waals surface area contributed by atoms with Gasteiger partial charge in [0.2, 0.25) is 0 Å². The van der Waals surface area contributed by atoms with E-state index in [-0.39, 0.29) is 6.61 Å². The third-order valence-corrected chi connectivity index (χ3v) is 5.80. The van der Waals surface area contributed by atoms with Crippen LogP contribution in [0.3, 0.4) is 0 Å². The van der Waals surface area contributed by atoms with Gasteiger partial charge in [0.15, 0.2) is 24.6 Å². The molecule has 1 fully saturated rings. The molecule has 0 aromatic heterocycles. The van der Waals surface area contributed by atoms with Gasteiger partial charge in [-0.05, 0) is 12.1 Å². The minimum absolute atomic E-state index is 0.366. The summed E-state index contributed by atoms with van der Waals surface area (Å²) >= 11 is 0. The van der Waals surface area contributed by atoms with E-state index in [1.165, 1.54) is 0 Å². The van der Waals surface area contributed by atoms with Crippen LogP contribution in [-0.4, -0.2) is 79.3 Å². The molecule has 1 aromatic carbocycles. The van der Waals surface area contributed by atoms with Gasteiger partial charge in [-0.25, -0.2) is 0 Å². The number of hydrogen-bond donors (Lipinski definition) is 2. The number of ether oxygens (including phenoxy) is 5. The van der Waals surface area contributed by atoms with Gasteiger partial charge in [0.1, 0.15) is 12.7 Å². The van der Waals surface area contributed by atoms with E-state index in [0.717, 1.165) is 27.7 Å². The Morgan fingerprint density at radius 2 is 1.34 bits per heavy atom. The number of esters is 4. The van der Waals surface area contributed by atoms with Crippen LogP contribution in [0.4, 0.5) is 0 Å². The van der Waals surface area contributed by atoms with Crippen molar-refractivity contribution in [3.63, 3.8) is 0 Å². The van der Waals surface area contributed by atoms with Gasteiger partial charge < -0.3 is 28.8 Å². The predicted octanol–water partition coefficient (Wildman–Crippen LogP) is 0.643. The van der Waals surface area contributed by atoms with E-state index in [4.69, 9.17) is 28.2 Å². The molecule has 5 atom stereocenters. The molecular weight excluding hydrogens is 512 g/mol. The Bertz CT molecular complexity index is 980. The smallest absolute Gasteiger partial charge is 0.324 e. The molecule has 0 saturated carbocycles. The lowest BCUT2D eigenvalue weighted by Crippen LogP contribution is -2.62. The number of aliphatic hydroxyl groups is 1. The fourth-order valence-electron chi connectivity index (χ4n) is 2.80. The lowest BCUT2D eigenvalue weighted by atomic mass is 9.98. The Hall–Kier alpha value is -2.72. The Kier molecular flexibility index (Phi) is 12.1. The Balaban J connectivity index is 0.000000462. The van der Waals surface area contributed by atoms with Crippen molar-refractivity contribution in [1.82, 2.24) is 0 Å². The van der Waals surface area contributed by atoms with Crippen LogP contribution in [0.25, 0.3) is 0 Å². The molecule has 2 rings (SSSR count). The molecule has 1 heterocycles. The number of hydrogen-bond acceptors (Lipinski definition) is 13. The zero-order valence-electron chi connectivity index (χ0n) is 19.2. The maximum Gasteiger partial charge on any atom is 0.324 e. The molecule has 0 spiro atoms. The topological polar surface area (TPSA) is 189 Å². The standard InChI is InChI=1S/C14H20O10.C6H6O3S2/c1-6(15)20-5-10-11(21-7(2)16)12(22-8(3)17)13(14(19)24-10)23-9(4)18;7-11(8,9)10-6-4-2-1-3-5-6/h10-14,19H,5H2,1-4H3;1-5H,(H,7,8,9)/t10-,11-,12+,13-,14-;/m1./s1. The maximum absolute atomic E-state index is 11.3. The fourth-order valence-corrected chi connectivity index (χ4v) is 4.38. The van der Waals surface area contributed by atoms with Crippen LogP contribution in [0.15, 0.2) is 35.2 Å². The normalized spacial score (nSPS) is 23.7. The zero-order chi connectivity index (χ0) is 26.8. The second kappa shape index (κ2) is 14.0. The van der Waals surface area contributed by atoms with Crippen molar-refractivity contribution in [2.75, 3.05) is 6.61 Å². The molecule has 0 unspecified atom stereocenters. The van der Waals surface area contributed by atoms with Crippen LogP contribution in [0, 0.1) is 0 Å². The van der Waals surface area contributed by atoms with Crippen molar-refractivity contribution in [3.8, 4) is 0 Å². The first kappa shape index (κ1) is 30.3. The van der Waals surface area contributed by atoms with Gasteiger partial charge in [-0.1, -0.05) is 18.2 Å². The van der Waals surface area contributed by atoms with Gasteiger partial charge in [-0.2, -0.15) is 8.42 Å². The second-order valence-corrected chi connectivity index (χ2v) is 10.2. The van der Waals surface area contributed by atoms with Crippen molar-refractivity contribution in [2.45, 2.75) is 63.3 Å². The van der Waals surface area contributed by atoms with Crippen molar-refractivity contribution in [2.24, 2.45) is 0 Å². The van der Waals surface area contributed by atoms with Crippen LogP contribution >= 0.6 is 10.8 Å². The summed E-state index contributed by atoms with van der Waals surface area (Å²) in [5, 5.41) is 10.0. The first-order valence-corrected chi connectivity index (χ1v) is 12.7. The van der Waals surface area contributed by atoms with Gasteiger partial charge in [-0.3, -0.25) is 23.7 Å². The van der Waals surface area contributed by atoms with Gasteiger partial charge >= 0.3 is 33.0 Å². The Labute approximate surface area is 205 Å². The molecule has 35 heavy (non-hydrogen) atoms. The highest BCUT2D eigenvalue weighted by atomic mass is 33.1. The lowest BCUT2D eigenvalue weighted by molar-refractivity contribution is -0.296. The third kappa shape index (κ3) is 12.0. The minimum atomic E-state index is -3.96. The molecule has 13 nitrogen and oxygen atoms in total. The molecule has 2 N–H and O–H groups in total. The van der Waals surface area contributed by atoms with Crippen LogP contribution in [0.2, 0.25) is 0 Å². The quantitative estimate of drug-likeness (QED) is 0.213. The number of benzene rings is 1. The summed E-state index contributed by atoms with van der Waals surface area (Å²) in [6, 6.07) is 8.39. The third-order valence-electron chi connectivity index (χ3n) is 3.91. The summed E-state index contributed by atoms with van der Waals surface area (Å²) in [6.07, 6.45) is -6.79. The SMILES string of the molecule is CC(=O)OC[C@H]1O[C@@H](O)[C@H](OC(C)=O)[C@@H](OC(C)=O)[C@@H]1OC(C)=O.O=S(=O)(O)Sc1ccccc1. The number of carbonyl (C=O) groups excluding carboxylic acids is 4. The van der Waals surface area contributed by atoms with E-state index in [0.29, 0.717) is 15.7 Å². The Morgan fingerprint density at radius 3 is 1.80 bits per heavy atom. The molecule has 196 valence electrons. The first-order valence-electron chi connectivity index (χ1n) is 9.90. The van der Waals surface area contributed by atoms with Crippen molar-refractivity contribution in [1.29, 1.82) is 0 Å². The zero-order valence-corrected chi connectivity index (χ0v) is 20.8. The summed E-state index contributed by atoms with van der Waals surface area (Å²) in [6.45, 7) is 4.09. The fraction of sp³-hybridized carbons (Fsp3) is 0.500. The number of carbonyl (C=O) groups is 4. The molecule has 0 amide bonds. The molecule has 1 aromatic rings. The molecule has 15 heteroatoms. The summed E-state index contributed by atoms with van der Waals surface area (Å²) in [5.74, 6) is -2.87. The van der Waals surface area contributed by atoms with Gasteiger partial charge in [0, 0.05) is 43.4 Å². The average molecular weight is 539 g/mol. The highest BCUT2D eigenvalue weighted by Gasteiger charge is 2.51. The maximum atomic E-state index is 11.3. The Morgan fingerprint density at radius 1 is 0.857 bits per heavy atom. The first-order chi connectivity index (χ1) is 16.2. The predicted molar refractivity (Wildman–Crippen MR) is 118 cm³/mol. The highest BCUT2D eigenvalue weighted by molar-refractivity contribution is 8.69. The van der Waals surface area contributed by atoms with Crippen LogP contribution < -0.4 is 0 Å². The molecule has 0 aliphatic carbocycles. The van der Waals surface area contributed by atoms with Crippen molar-refractivity contribution in [3.05, 3.63) is 30.3 Å². The summed E-state index contributed by atoms with van der Waals surface area (Å²) < 4.78 is 54.1. The van der Waals surface area contributed by atoms with E-state index in [1.807, 2.05) is 0 Å². The molecule has 0 radical (unpaired) electrons. The van der Waals surface area contributed by atoms with Crippen LogP contribution in [0.5, 0.6) is 0 Å². The van der Waals surface area contributed by atoms with Crippen LogP contribution in [0.1, 0.15) is 27.7 Å². The molecule has 0 bridgehead atoms. The lowest BCUT2D eigenvalue weighted by Gasteiger charge is -2.42. The number of aliphatic hydroxyl groups excluding tert-OH is 1. The second-order valence-electron chi connectivity index (χ2n) is 6.91.